The highest BCUT2D eigenvalue weighted by molar-refractivity contribution is 5.97. The third-order valence-corrected chi connectivity index (χ3v) is 2.63. The smallest absolute Gasteiger partial charge is 0.247 e. The number of rotatable bonds is 4. The van der Waals surface area contributed by atoms with Gasteiger partial charge in [0.1, 0.15) is 6.04 Å². The summed E-state index contributed by atoms with van der Waals surface area (Å²) in [6.45, 7) is 4.67. The van der Waals surface area contributed by atoms with Crippen LogP contribution in [0.2, 0.25) is 0 Å². The van der Waals surface area contributed by atoms with Crippen molar-refractivity contribution >= 4 is 17.5 Å². The van der Waals surface area contributed by atoms with E-state index in [1.165, 1.54) is 6.92 Å². The molecule has 5 nitrogen and oxygen atoms in total. The second-order valence-electron chi connectivity index (χ2n) is 4.67. The lowest BCUT2D eigenvalue weighted by atomic mass is 10.0. The molecule has 0 saturated carbocycles. The van der Waals surface area contributed by atoms with Gasteiger partial charge in [-0.15, -0.1) is 0 Å². The largest absolute Gasteiger partial charge is 0.503 e. The summed E-state index contributed by atoms with van der Waals surface area (Å²) in [7, 11) is 0. The van der Waals surface area contributed by atoms with Crippen LogP contribution in [0.4, 0.5) is 14.5 Å². The Labute approximate surface area is 115 Å². The van der Waals surface area contributed by atoms with Crippen LogP contribution in [0.25, 0.3) is 0 Å². The molecule has 0 radical (unpaired) electrons. The fourth-order valence-electron chi connectivity index (χ4n) is 1.60. The molecule has 1 aromatic rings. The minimum absolute atomic E-state index is 0.226. The molecule has 7 heteroatoms. The lowest BCUT2D eigenvalue weighted by molar-refractivity contribution is -0.126. The molecule has 1 aromatic carbocycles. The molecule has 3 N–H and O–H groups in total. The van der Waals surface area contributed by atoms with E-state index < -0.39 is 35.2 Å². The van der Waals surface area contributed by atoms with E-state index in [1.54, 1.807) is 13.8 Å². The highest BCUT2D eigenvalue weighted by atomic mass is 19.1. The Morgan fingerprint density at radius 3 is 2.35 bits per heavy atom. The van der Waals surface area contributed by atoms with E-state index in [2.05, 4.69) is 10.6 Å². The van der Waals surface area contributed by atoms with Crippen molar-refractivity contribution < 1.29 is 23.5 Å². The number of nitrogens with one attached hydrogen (secondary N) is 2. The minimum atomic E-state index is -1.26. The number of carbonyl (C=O) groups excluding carboxylic acids is 2. The van der Waals surface area contributed by atoms with E-state index in [0.717, 1.165) is 12.1 Å². The molecule has 0 bridgehead atoms. The Bertz CT molecular complexity index is 533. The van der Waals surface area contributed by atoms with E-state index in [9.17, 15) is 18.4 Å². The van der Waals surface area contributed by atoms with Gasteiger partial charge in [0.2, 0.25) is 11.8 Å². The van der Waals surface area contributed by atoms with E-state index in [1.807, 2.05) is 0 Å². The zero-order valence-corrected chi connectivity index (χ0v) is 11.3. The van der Waals surface area contributed by atoms with Crippen molar-refractivity contribution in [2.75, 3.05) is 5.32 Å². The molecule has 2 amide bonds. The summed E-state index contributed by atoms with van der Waals surface area (Å²) in [5, 5.41) is 13.8. The van der Waals surface area contributed by atoms with Crippen LogP contribution >= 0.6 is 0 Å². The Kier molecular flexibility index (Phi) is 5.01. The van der Waals surface area contributed by atoms with Crippen LogP contribution in [0, 0.1) is 17.6 Å². The van der Waals surface area contributed by atoms with E-state index in [0.29, 0.717) is 0 Å². The first-order valence-corrected chi connectivity index (χ1v) is 5.99. The fraction of sp³-hybridized carbons (Fsp3) is 0.385. The van der Waals surface area contributed by atoms with Gasteiger partial charge >= 0.3 is 0 Å². The number of carbonyl (C=O) groups is 2. The molecule has 0 aliphatic rings. The number of benzene rings is 1. The van der Waals surface area contributed by atoms with Crippen LogP contribution in [0.1, 0.15) is 20.8 Å². The molecule has 0 spiro atoms. The van der Waals surface area contributed by atoms with Gasteiger partial charge in [0.15, 0.2) is 17.4 Å². The van der Waals surface area contributed by atoms with Crippen molar-refractivity contribution in [3.05, 3.63) is 23.8 Å². The maximum absolute atomic E-state index is 13.6. The number of phenolic OH excluding ortho intramolecular Hbond substituents is 1. The first-order chi connectivity index (χ1) is 9.23. The number of phenols is 1. The van der Waals surface area contributed by atoms with Crippen molar-refractivity contribution in [1.29, 1.82) is 0 Å². The molecule has 1 rings (SSSR count). The number of hydrogen-bond acceptors (Lipinski definition) is 3. The molecular formula is C13H16F2N2O3. The predicted octanol–water partition coefficient (Wildman–Crippen LogP) is 1.77. The first kappa shape index (κ1) is 15.9. The summed E-state index contributed by atoms with van der Waals surface area (Å²) in [5.74, 6) is -4.83. The lowest BCUT2D eigenvalue weighted by Gasteiger charge is -2.21. The maximum Gasteiger partial charge on any atom is 0.247 e. The number of amides is 2. The van der Waals surface area contributed by atoms with Crippen LogP contribution in [0.15, 0.2) is 12.1 Å². The molecule has 0 aliphatic carbocycles. The van der Waals surface area contributed by atoms with Gasteiger partial charge in [0.25, 0.3) is 0 Å². The summed E-state index contributed by atoms with van der Waals surface area (Å²) < 4.78 is 26.5. The van der Waals surface area contributed by atoms with Gasteiger partial charge in [-0.3, -0.25) is 9.59 Å². The highest BCUT2D eigenvalue weighted by Crippen LogP contribution is 2.26. The van der Waals surface area contributed by atoms with Crippen LogP contribution < -0.4 is 10.6 Å². The van der Waals surface area contributed by atoms with Crippen molar-refractivity contribution in [3.8, 4) is 5.75 Å². The van der Waals surface area contributed by atoms with Crippen LogP contribution in [-0.4, -0.2) is 23.0 Å². The Morgan fingerprint density at radius 1 is 1.25 bits per heavy atom. The predicted molar refractivity (Wildman–Crippen MR) is 69.1 cm³/mol. The zero-order valence-electron chi connectivity index (χ0n) is 11.3. The van der Waals surface area contributed by atoms with Crippen LogP contribution in [-0.2, 0) is 9.59 Å². The maximum atomic E-state index is 13.6. The second kappa shape index (κ2) is 6.31. The molecule has 1 atom stereocenters. The zero-order chi connectivity index (χ0) is 15.4. The van der Waals surface area contributed by atoms with Gasteiger partial charge in [0, 0.05) is 6.92 Å². The summed E-state index contributed by atoms with van der Waals surface area (Å²) in [4.78, 5) is 23.0. The number of halogens is 2. The molecule has 0 aromatic heterocycles. The number of hydrogen-bond donors (Lipinski definition) is 3. The first-order valence-electron chi connectivity index (χ1n) is 5.99. The van der Waals surface area contributed by atoms with E-state index in [-0.39, 0.29) is 11.6 Å². The van der Waals surface area contributed by atoms with Crippen LogP contribution in [0.5, 0.6) is 5.75 Å². The molecular weight excluding hydrogens is 270 g/mol. The summed E-state index contributed by atoms with van der Waals surface area (Å²) in [5.41, 5.74) is -0.357. The molecule has 0 unspecified atom stereocenters. The van der Waals surface area contributed by atoms with Crippen molar-refractivity contribution in [2.45, 2.75) is 26.8 Å². The third-order valence-electron chi connectivity index (χ3n) is 2.63. The monoisotopic (exact) mass is 286 g/mol. The Hall–Kier alpha value is -2.18. The molecule has 0 aliphatic heterocycles. The topological polar surface area (TPSA) is 78.4 Å². The van der Waals surface area contributed by atoms with Gasteiger partial charge in [-0.2, -0.15) is 0 Å². The van der Waals surface area contributed by atoms with Gasteiger partial charge in [-0.25, -0.2) is 8.78 Å². The molecule has 20 heavy (non-hydrogen) atoms. The van der Waals surface area contributed by atoms with Gasteiger partial charge < -0.3 is 15.7 Å². The number of anilines is 1. The van der Waals surface area contributed by atoms with Crippen molar-refractivity contribution in [2.24, 2.45) is 5.92 Å². The quantitative estimate of drug-likeness (QED) is 0.789. The SMILES string of the molecule is CC(=O)N[C@@H](C(=O)Nc1ccc(F)c(O)c1F)C(C)C. The number of aromatic hydroxyl groups is 1. The summed E-state index contributed by atoms with van der Waals surface area (Å²) >= 11 is 0. The lowest BCUT2D eigenvalue weighted by Crippen LogP contribution is -2.46. The van der Waals surface area contributed by atoms with Gasteiger partial charge in [0.05, 0.1) is 5.69 Å². The summed E-state index contributed by atoms with van der Waals surface area (Å²) in [6.07, 6.45) is 0. The fourth-order valence-corrected chi connectivity index (χ4v) is 1.60. The highest BCUT2D eigenvalue weighted by Gasteiger charge is 2.24. The van der Waals surface area contributed by atoms with E-state index >= 15 is 0 Å². The Morgan fingerprint density at radius 2 is 1.85 bits per heavy atom. The third kappa shape index (κ3) is 3.66. The van der Waals surface area contributed by atoms with Gasteiger partial charge in [-0.05, 0) is 18.1 Å². The van der Waals surface area contributed by atoms with Crippen molar-refractivity contribution in [1.82, 2.24) is 5.32 Å². The van der Waals surface area contributed by atoms with Crippen molar-refractivity contribution in [3.63, 3.8) is 0 Å². The van der Waals surface area contributed by atoms with Gasteiger partial charge in [-0.1, -0.05) is 13.8 Å². The molecule has 0 fully saturated rings. The standard InChI is InChI=1S/C13H16F2N2O3/c1-6(2)11(16-7(3)18)13(20)17-9-5-4-8(14)12(19)10(9)15/h4-6,11,19H,1-3H3,(H,16,18)(H,17,20)/t11-/m1/s1. The van der Waals surface area contributed by atoms with Crippen LogP contribution in [0.3, 0.4) is 0 Å². The normalized spacial score (nSPS) is 12.1. The minimum Gasteiger partial charge on any atom is -0.503 e. The molecule has 0 heterocycles. The molecule has 110 valence electrons. The molecule has 0 saturated heterocycles. The average molecular weight is 286 g/mol. The summed E-state index contributed by atoms with van der Waals surface area (Å²) in [6, 6.07) is 0.962. The Balaban J connectivity index is 2.94. The van der Waals surface area contributed by atoms with E-state index in [4.69, 9.17) is 5.11 Å². The average Bonchev–Trinajstić information content (AvgIpc) is 2.36. The second-order valence-corrected chi connectivity index (χ2v) is 4.67.